The van der Waals surface area contributed by atoms with Gasteiger partial charge >= 0.3 is 6.18 Å². The van der Waals surface area contributed by atoms with Crippen molar-refractivity contribution in [3.63, 3.8) is 0 Å². The van der Waals surface area contributed by atoms with E-state index in [4.69, 9.17) is 4.74 Å². The fourth-order valence-corrected chi connectivity index (χ4v) is 6.46. The Morgan fingerprint density at radius 1 is 1.21 bits per heavy atom. The first-order chi connectivity index (χ1) is 18.2. The number of anilines is 1. The van der Waals surface area contributed by atoms with E-state index in [1.807, 2.05) is 6.92 Å². The zero-order chi connectivity index (χ0) is 26.6. The van der Waals surface area contributed by atoms with Crippen molar-refractivity contribution >= 4 is 22.0 Å². The number of hydrogen-bond acceptors (Lipinski definition) is 8. The summed E-state index contributed by atoms with van der Waals surface area (Å²) in [6.07, 6.45) is 0.0514. The van der Waals surface area contributed by atoms with Gasteiger partial charge in [0.25, 0.3) is 0 Å². The number of pyridine rings is 1. The van der Waals surface area contributed by atoms with E-state index in [-0.39, 0.29) is 17.0 Å². The van der Waals surface area contributed by atoms with Gasteiger partial charge in [-0.1, -0.05) is 11.3 Å². The Morgan fingerprint density at radius 3 is 2.66 bits per heavy atom. The molecule has 0 spiro atoms. The third-order valence-corrected chi connectivity index (χ3v) is 8.78. The summed E-state index contributed by atoms with van der Waals surface area (Å²) in [7, 11) is 1.48. The fourth-order valence-electron chi connectivity index (χ4n) is 5.33. The molecular formula is C25H29F3N8OS. The highest BCUT2D eigenvalue weighted by molar-refractivity contribution is 7.19. The van der Waals surface area contributed by atoms with Crippen molar-refractivity contribution in [2.45, 2.75) is 45.3 Å². The Labute approximate surface area is 221 Å². The van der Waals surface area contributed by atoms with E-state index in [0.29, 0.717) is 28.0 Å². The molecule has 1 atom stereocenters. The number of rotatable bonds is 7. The molecule has 38 heavy (non-hydrogen) atoms. The molecule has 0 radical (unpaired) electrons. The van der Waals surface area contributed by atoms with Gasteiger partial charge in [-0.15, -0.1) is 0 Å². The Bertz CT molecular complexity index is 1450. The predicted octanol–water partition coefficient (Wildman–Crippen LogP) is 4.59. The van der Waals surface area contributed by atoms with Gasteiger partial charge in [0.05, 0.1) is 24.9 Å². The molecule has 4 aromatic heterocycles. The number of thiazole rings is 1. The quantitative estimate of drug-likeness (QED) is 0.363. The Kier molecular flexibility index (Phi) is 6.29. The molecule has 0 bridgehead atoms. The molecule has 0 aromatic carbocycles. The monoisotopic (exact) mass is 546 g/mol. The van der Waals surface area contributed by atoms with Gasteiger partial charge in [-0.3, -0.25) is 10.00 Å². The molecule has 1 aliphatic heterocycles. The maximum Gasteiger partial charge on any atom is 0.393 e. The lowest BCUT2D eigenvalue weighted by atomic mass is 10.0. The lowest BCUT2D eigenvalue weighted by Gasteiger charge is -2.38. The summed E-state index contributed by atoms with van der Waals surface area (Å²) in [6.45, 7) is 7.93. The second kappa shape index (κ2) is 9.53. The van der Waals surface area contributed by atoms with Crippen LogP contribution >= 0.6 is 11.3 Å². The van der Waals surface area contributed by atoms with Crippen molar-refractivity contribution in [3.8, 4) is 27.7 Å². The molecule has 0 amide bonds. The summed E-state index contributed by atoms with van der Waals surface area (Å²) in [5.41, 5.74) is 2.26. The number of halogens is 3. The number of methoxy groups -OCH3 is 1. The Hall–Kier alpha value is -3.19. The SMILES string of the molecule is COc1cc(-c2[nH]nc(-c3nc(C)c(N4CCN(C(C)C5CC5)CC4)s3)c2CC(F)(F)F)cn2ncnc12. The van der Waals surface area contributed by atoms with Crippen LogP contribution in [0, 0.1) is 12.8 Å². The maximum absolute atomic E-state index is 13.8. The number of alkyl halides is 3. The molecule has 13 heteroatoms. The van der Waals surface area contributed by atoms with Crippen molar-refractivity contribution < 1.29 is 17.9 Å². The molecule has 2 fully saturated rings. The summed E-state index contributed by atoms with van der Waals surface area (Å²) in [5.74, 6) is 1.22. The summed E-state index contributed by atoms with van der Waals surface area (Å²) in [4.78, 5) is 13.7. The number of fused-ring (bicyclic) bond motifs is 1. The largest absolute Gasteiger partial charge is 0.493 e. The van der Waals surface area contributed by atoms with E-state index >= 15 is 0 Å². The molecular weight excluding hydrogens is 517 g/mol. The Balaban J connectivity index is 1.33. The molecule has 1 saturated carbocycles. The van der Waals surface area contributed by atoms with Gasteiger partial charge in [-0.05, 0) is 38.7 Å². The first-order valence-corrected chi connectivity index (χ1v) is 13.5. The highest BCUT2D eigenvalue weighted by Gasteiger charge is 2.35. The second-order valence-corrected chi connectivity index (χ2v) is 11.0. The van der Waals surface area contributed by atoms with E-state index in [2.05, 4.69) is 42.0 Å². The number of ether oxygens (including phenoxy) is 1. The predicted molar refractivity (Wildman–Crippen MR) is 139 cm³/mol. The fraction of sp³-hybridized carbons (Fsp3) is 0.520. The van der Waals surface area contributed by atoms with E-state index in [0.717, 1.165) is 42.8 Å². The Morgan fingerprint density at radius 2 is 1.97 bits per heavy atom. The first kappa shape index (κ1) is 25.1. The van der Waals surface area contributed by atoms with Gasteiger partial charge in [0.15, 0.2) is 11.4 Å². The second-order valence-electron chi connectivity index (χ2n) is 10.1. The molecule has 1 aliphatic carbocycles. The molecule has 1 N–H and O–H groups in total. The van der Waals surface area contributed by atoms with Crippen LogP contribution in [0.2, 0.25) is 0 Å². The number of nitrogens with one attached hydrogen (secondary N) is 1. The summed E-state index contributed by atoms with van der Waals surface area (Å²) in [6, 6.07) is 2.25. The average molecular weight is 547 g/mol. The van der Waals surface area contributed by atoms with Gasteiger partial charge in [0.2, 0.25) is 0 Å². The van der Waals surface area contributed by atoms with Crippen LogP contribution in [0.1, 0.15) is 31.0 Å². The van der Waals surface area contributed by atoms with Crippen LogP contribution < -0.4 is 9.64 Å². The van der Waals surface area contributed by atoms with E-state index in [1.165, 1.54) is 42.1 Å². The molecule has 4 aromatic rings. The van der Waals surface area contributed by atoms with Crippen LogP contribution in [0.25, 0.3) is 27.6 Å². The van der Waals surface area contributed by atoms with Crippen LogP contribution in [0.4, 0.5) is 18.2 Å². The van der Waals surface area contributed by atoms with Crippen LogP contribution in [0.3, 0.4) is 0 Å². The van der Waals surface area contributed by atoms with Crippen LogP contribution in [0.15, 0.2) is 18.6 Å². The third-order valence-electron chi connectivity index (χ3n) is 7.55. The number of aryl methyl sites for hydroxylation is 1. The number of aromatic nitrogens is 6. The van der Waals surface area contributed by atoms with E-state index < -0.39 is 12.6 Å². The summed E-state index contributed by atoms with van der Waals surface area (Å²) >= 11 is 1.40. The molecule has 1 unspecified atom stereocenters. The summed E-state index contributed by atoms with van der Waals surface area (Å²) in [5, 5.41) is 12.8. The number of hydrogen-bond donors (Lipinski definition) is 1. The van der Waals surface area contributed by atoms with Gasteiger partial charge in [-0.25, -0.2) is 14.5 Å². The smallest absolute Gasteiger partial charge is 0.393 e. The van der Waals surface area contributed by atoms with Crippen molar-refractivity contribution in [1.82, 2.24) is 34.7 Å². The minimum Gasteiger partial charge on any atom is -0.493 e. The molecule has 1 saturated heterocycles. The first-order valence-electron chi connectivity index (χ1n) is 12.7. The van der Waals surface area contributed by atoms with Gasteiger partial charge in [0.1, 0.15) is 22.0 Å². The van der Waals surface area contributed by atoms with E-state index in [1.54, 1.807) is 12.3 Å². The number of nitrogens with zero attached hydrogens (tertiary/aromatic N) is 7. The minimum absolute atomic E-state index is 0.0439. The number of piperazine rings is 1. The normalized spacial score (nSPS) is 17.9. The van der Waals surface area contributed by atoms with Gasteiger partial charge in [0, 0.05) is 49.5 Å². The van der Waals surface area contributed by atoms with Crippen molar-refractivity contribution in [3.05, 3.63) is 29.8 Å². The van der Waals surface area contributed by atoms with Gasteiger partial charge < -0.3 is 9.64 Å². The van der Waals surface area contributed by atoms with E-state index in [9.17, 15) is 13.2 Å². The standard InChI is InChI=1S/C25H29F3N8OS/c1-14-24(35-8-6-34(7-9-35)15(2)16-4-5-16)38-23(31-14)21-18(11-25(26,27)28)20(32-33-21)17-10-19(37-3)22-29-13-30-36(22)12-17/h10,12-13,15-16H,4-9,11H2,1-3H3,(H,32,33). The van der Waals surface area contributed by atoms with Crippen molar-refractivity contribution in [2.24, 2.45) is 5.92 Å². The lowest BCUT2D eigenvalue weighted by Crippen LogP contribution is -2.50. The number of H-pyrrole nitrogens is 1. The topological polar surface area (TPSA) is 87.5 Å². The van der Waals surface area contributed by atoms with Crippen LogP contribution in [-0.2, 0) is 6.42 Å². The highest BCUT2D eigenvalue weighted by atomic mass is 32.1. The zero-order valence-electron chi connectivity index (χ0n) is 21.4. The molecule has 9 nitrogen and oxygen atoms in total. The van der Waals surface area contributed by atoms with Crippen molar-refractivity contribution in [1.29, 1.82) is 0 Å². The maximum atomic E-state index is 13.8. The average Bonchev–Trinajstić information content (AvgIpc) is 3.30. The van der Waals surface area contributed by atoms with Crippen LogP contribution in [-0.4, -0.2) is 80.2 Å². The molecule has 6 rings (SSSR count). The zero-order valence-corrected chi connectivity index (χ0v) is 22.2. The van der Waals surface area contributed by atoms with Crippen LogP contribution in [0.5, 0.6) is 5.75 Å². The van der Waals surface area contributed by atoms with Gasteiger partial charge in [-0.2, -0.15) is 23.4 Å². The summed E-state index contributed by atoms with van der Waals surface area (Å²) < 4.78 is 48.2. The highest BCUT2D eigenvalue weighted by Crippen LogP contribution is 2.41. The molecule has 2 aliphatic rings. The third kappa shape index (κ3) is 4.73. The number of aromatic amines is 1. The lowest BCUT2D eigenvalue weighted by molar-refractivity contribution is -0.127. The molecule has 5 heterocycles. The molecule has 202 valence electrons. The minimum atomic E-state index is -4.43. The van der Waals surface area contributed by atoms with Crippen molar-refractivity contribution in [2.75, 3.05) is 38.2 Å².